The van der Waals surface area contributed by atoms with Gasteiger partial charge >= 0.3 is 0 Å². The van der Waals surface area contributed by atoms with Gasteiger partial charge in [0.1, 0.15) is 5.58 Å². The number of hydrogen-bond acceptors (Lipinski definition) is 1. The molecule has 0 bridgehead atoms. The Kier molecular flexibility index (Phi) is 13.7. The molecule has 1 radical (unpaired) electrons. The van der Waals surface area contributed by atoms with Crippen molar-refractivity contribution in [3.8, 4) is 33.6 Å². The molecule has 3 heterocycles. The molecule has 7 aromatic rings. The number of furan rings is 1. The van der Waals surface area contributed by atoms with E-state index in [9.17, 15) is 0 Å². The molecule has 0 N–H and O–H groups in total. The van der Waals surface area contributed by atoms with Crippen LogP contribution in [-0.4, -0.2) is 8.07 Å². The zero-order valence-corrected chi connectivity index (χ0v) is 41.7. The predicted molar refractivity (Wildman–Crippen MR) is 255 cm³/mol. The van der Waals surface area contributed by atoms with E-state index in [1.807, 2.05) is 10.8 Å². The van der Waals surface area contributed by atoms with E-state index in [1.165, 1.54) is 33.0 Å². The summed E-state index contributed by atoms with van der Waals surface area (Å²) in [5.41, 5.74) is 16.2. The molecule has 317 valence electrons. The van der Waals surface area contributed by atoms with Crippen LogP contribution in [0.5, 0.6) is 0 Å². The Morgan fingerprint density at radius 2 is 1.32 bits per heavy atom. The molecule has 0 aliphatic heterocycles. The fraction of sp³-hybridized carbons (Fsp3) is 0.309. The van der Waals surface area contributed by atoms with Gasteiger partial charge in [0.15, 0.2) is 0 Å². The summed E-state index contributed by atoms with van der Waals surface area (Å²) in [6.07, 6.45) is 6.38. The summed E-state index contributed by atoms with van der Waals surface area (Å²) in [7, 11) is 7.13. The molecule has 0 atom stereocenters. The van der Waals surface area contributed by atoms with E-state index >= 15 is 0 Å². The molecule has 4 aromatic carbocycles. The summed E-state index contributed by atoms with van der Waals surface area (Å²) in [4.78, 5) is 0. The third kappa shape index (κ3) is 10.4. The summed E-state index contributed by atoms with van der Waals surface area (Å²) >= 11 is 0. The van der Waals surface area contributed by atoms with Gasteiger partial charge in [0.05, 0.1) is 37.4 Å². The van der Waals surface area contributed by atoms with Crippen molar-refractivity contribution < 1.29 is 33.7 Å². The minimum Gasteiger partial charge on any atom is -0.469 e. The molecule has 0 saturated heterocycles. The monoisotopic (exact) mass is 991 g/mol. The molecule has 5 heteroatoms. The van der Waals surface area contributed by atoms with Crippen molar-refractivity contribution in [1.82, 2.24) is 0 Å². The molecular formula is C55H66IrN2OSi-2. The second kappa shape index (κ2) is 17.7. The zero-order chi connectivity index (χ0) is 43.2. The van der Waals surface area contributed by atoms with Crippen molar-refractivity contribution in [2.75, 3.05) is 0 Å². The number of nitrogens with zero attached hydrogens (tertiary/aromatic N) is 2. The Bertz CT molecular complexity index is 2630. The van der Waals surface area contributed by atoms with E-state index in [4.69, 9.17) is 4.42 Å². The number of aromatic nitrogens is 2. The first kappa shape index (κ1) is 46.4. The van der Waals surface area contributed by atoms with E-state index < -0.39 is 8.07 Å². The number of hydrogen-bond donors (Lipinski definition) is 0. The van der Waals surface area contributed by atoms with Gasteiger partial charge in [-0.25, -0.2) is 0 Å². The standard InChI is InChI=1S/C31H30NO.C24H36NSi.Ir/c1-20-10-13-23(14-11-20)24-8-7-9-25-26-15-12-21(2)28(30(26)33-29(24)25)27-18-22(16-17-32(27)6)19-31(3,4)5;1-17(2)19-11-12-21(18(3)13-19)22-14-20(15-24(4,5)6)23(16-25(22)7)26(8,9)10;/h7-18H,2,6,19H2,1,3-5H3;11-14,16-17H,3,7,15H2,1-2,4-6,8-10H3;/q2*-1;. The third-order valence-electron chi connectivity index (χ3n) is 11.1. The fourth-order valence-electron chi connectivity index (χ4n) is 8.14. The predicted octanol–water partition coefficient (Wildman–Crippen LogP) is 13.6. The normalized spacial score (nSPS) is 12.1. The number of benzene rings is 4. The van der Waals surface area contributed by atoms with Crippen LogP contribution in [-0.2, 0) is 32.9 Å². The van der Waals surface area contributed by atoms with E-state index in [-0.39, 0.29) is 30.9 Å². The van der Waals surface area contributed by atoms with E-state index in [2.05, 4.69) is 212 Å². The topological polar surface area (TPSA) is 20.9 Å². The Morgan fingerprint density at radius 3 is 1.92 bits per heavy atom. The van der Waals surface area contributed by atoms with Gasteiger partial charge in [0, 0.05) is 50.5 Å². The van der Waals surface area contributed by atoms with Crippen molar-refractivity contribution >= 4 is 35.2 Å². The molecular weight excluding hydrogens is 925 g/mol. The second-order valence-electron chi connectivity index (χ2n) is 20.4. The van der Waals surface area contributed by atoms with Crippen LogP contribution in [0.2, 0.25) is 19.6 Å². The SMILES string of the molecule is [CH2-]c1cc(C(C)C)ccc1-c1cc(CC(C)(C)C)c([Si](C)(C)C)c[n+]1[CH2-].[CH2-]c1ccc2c(oc3c(-c4ccc(C)cc4)cccc32)c1-c1cc(CC(C)(C)C)cc[n+]1[CH2-].[Ir]. The molecule has 0 aliphatic rings. The Hall–Kier alpha value is -4.67. The molecule has 0 unspecified atom stereocenters. The van der Waals surface area contributed by atoms with Gasteiger partial charge in [0.25, 0.3) is 0 Å². The Morgan fingerprint density at radius 1 is 0.667 bits per heavy atom. The second-order valence-corrected chi connectivity index (χ2v) is 25.4. The van der Waals surface area contributed by atoms with E-state index in [1.54, 1.807) is 0 Å². The Labute approximate surface area is 376 Å². The Balaban J connectivity index is 0.000000231. The number of pyridine rings is 2. The van der Waals surface area contributed by atoms with Gasteiger partial charge in [-0.2, -0.15) is 37.1 Å². The fourth-order valence-corrected chi connectivity index (χ4v) is 9.80. The molecule has 0 fully saturated rings. The van der Waals surface area contributed by atoms with Crippen molar-refractivity contribution in [3.05, 3.63) is 165 Å². The first-order valence-corrected chi connectivity index (χ1v) is 24.6. The number of fused-ring (bicyclic) bond motifs is 3. The summed E-state index contributed by atoms with van der Waals surface area (Å²) < 4.78 is 10.6. The van der Waals surface area contributed by atoms with Crippen LogP contribution in [0.25, 0.3) is 55.6 Å². The number of aryl methyl sites for hydroxylation is 1. The molecule has 3 nitrogen and oxygen atoms in total. The van der Waals surface area contributed by atoms with Gasteiger partial charge in [-0.1, -0.05) is 164 Å². The molecule has 0 amide bonds. The number of para-hydroxylation sites is 1. The molecule has 7 rings (SSSR count). The number of rotatable bonds is 7. The van der Waals surface area contributed by atoms with Crippen LogP contribution >= 0.6 is 0 Å². The maximum Gasteiger partial charge on any atom is 0.141 e. The first-order valence-electron chi connectivity index (χ1n) is 21.1. The van der Waals surface area contributed by atoms with Crippen molar-refractivity contribution in [2.45, 2.75) is 101 Å². The average Bonchev–Trinajstić information content (AvgIpc) is 3.51. The molecule has 0 aliphatic carbocycles. The van der Waals surface area contributed by atoms with Gasteiger partial charge in [-0.3, -0.25) is 0 Å². The van der Waals surface area contributed by atoms with Crippen LogP contribution in [0.3, 0.4) is 0 Å². The quantitative estimate of drug-likeness (QED) is 0.0886. The molecule has 60 heavy (non-hydrogen) atoms. The van der Waals surface area contributed by atoms with Crippen LogP contribution in [0, 0.1) is 45.7 Å². The average molecular weight is 991 g/mol. The van der Waals surface area contributed by atoms with Crippen LogP contribution in [0.1, 0.15) is 94.7 Å². The maximum absolute atomic E-state index is 6.65. The largest absolute Gasteiger partial charge is 0.469 e. The summed E-state index contributed by atoms with van der Waals surface area (Å²) in [5, 5.41) is 3.73. The van der Waals surface area contributed by atoms with Crippen LogP contribution in [0.4, 0.5) is 0 Å². The summed E-state index contributed by atoms with van der Waals surface area (Å²) in [6.45, 7) is 36.2. The van der Waals surface area contributed by atoms with Gasteiger partial charge < -0.3 is 13.6 Å². The van der Waals surface area contributed by atoms with Crippen molar-refractivity contribution in [2.24, 2.45) is 10.8 Å². The van der Waals surface area contributed by atoms with E-state index in [0.29, 0.717) is 5.92 Å². The van der Waals surface area contributed by atoms with Crippen molar-refractivity contribution in [1.29, 1.82) is 0 Å². The summed E-state index contributed by atoms with van der Waals surface area (Å²) in [5.74, 6) is 0.516. The van der Waals surface area contributed by atoms with Gasteiger partial charge in [0.2, 0.25) is 0 Å². The van der Waals surface area contributed by atoms with E-state index in [0.717, 1.165) is 74.0 Å². The minimum absolute atomic E-state index is 0. The van der Waals surface area contributed by atoms with Crippen LogP contribution < -0.4 is 14.3 Å². The maximum atomic E-state index is 6.65. The van der Waals surface area contributed by atoms with Crippen LogP contribution in [0.15, 0.2) is 108 Å². The molecule has 3 aromatic heterocycles. The smallest absolute Gasteiger partial charge is 0.141 e. The minimum atomic E-state index is -1.45. The van der Waals surface area contributed by atoms with Gasteiger partial charge in [-0.15, -0.1) is 23.3 Å². The summed E-state index contributed by atoms with van der Waals surface area (Å²) in [6, 6.07) is 32.6. The first-order chi connectivity index (χ1) is 27.5. The zero-order valence-electron chi connectivity index (χ0n) is 38.3. The molecule has 0 saturated carbocycles. The van der Waals surface area contributed by atoms with Crippen molar-refractivity contribution in [3.63, 3.8) is 0 Å². The third-order valence-corrected chi connectivity index (χ3v) is 13.1. The molecule has 0 spiro atoms. The van der Waals surface area contributed by atoms with Gasteiger partial charge in [-0.05, 0) is 47.3 Å².